The summed E-state index contributed by atoms with van der Waals surface area (Å²) >= 11 is 0. The molecule has 4 heterocycles. The number of ether oxygens (including phenoxy) is 1. The van der Waals surface area contributed by atoms with Gasteiger partial charge in [0.05, 0.1) is 12.3 Å². The molecule has 0 aromatic carbocycles. The minimum absolute atomic E-state index is 0.481. The number of imidazole rings is 2. The molecule has 0 N–H and O–H groups in total. The quantitative estimate of drug-likeness (QED) is 0.684. The summed E-state index contributed by atoms with van der Waals surface area (Å²) in [5.74, 6) is 1.67. The first-order valence-electron chi connectivity index (χ1n) is 9.39. The number of nitrogens with zero attached hydrogens (tertiary/aromatic N) is 5. The molecule has 1 saturated heterocycles. The Labute approximate surface area is 154 Å². The third-order valence-electron chi connectivity index (χ3n) is 5.19. The topological polar surface area (TPSA) is 47.6 Å². The maximum Gasteiger partial charge on any atom is 0.137 e. The zero-order chi connectivity index (χ0) is 17.9. The van der Waals surface area contributed by atoms with Crippen molar-refractivity contribution >= 4 is 5.65 Å². The molecule has 138 valence electrons. The summed E-state index contributed by atoms with van der Waals surface area (Å²) in [5, 5.41) is 0. The first-order chi connectivity index (χ1) is 12.7. The highest BCUT2D eigenvalue weighted by Crippen LogP contribution is 2.26. The minimum atomic E-state index is 0.481. The van der Waals surface area contributed by atoms with E-state index in [9.17, 15) is 0 Å². The van der Waals surface area contributed by atoms with Gasteiger partial charge in [0.15, 0.2) is 0 Å². The molecule has 0 amide bonds. The second kappa shape index (κ2) is 7.60. The predicted octanol–water partition coefficient (Wildman–Crippen LogP) is 2.87. The summed E-state index contributed by atoms with van der Waals surface area (Å²) in [4.78, 5) is 11.9. The van der Waals surface area contributed by atoms with E-state index in [2.05, 4.69) is 56.5 Å². The van der Waals surface area contributed by atoms with Gasteiger partial charge in [-0.25, -0.2) is 9.97 Å². The highest BCUT2D eigenvalue weighted by molar-refractivity contribution is 5.41. The largest absolute Gasteiger partial charge is 0.383 e. The van der Waals surface area contributed by atoms with Crippen LogP contribution in [0.2, 0.25) is 0 Å². The van der Waals surface area contributed by atoms with Crippen molar-refractivity contribution < 1.29 is 4.74 Å². The van der Waals surface area contributed by atoms with Gasteiger partial charge in [0.1, 0.15) is 11.5 Å². The van der Waals surface area contributed by atoms with Crippen molar-refractivity contribution in [3.63, 3.8) is 0 Å². The first-order valence-corrected chi connectivity index (χ1v) is 9.39. The Hall–Kier alpha value is -2.18. The molecule has 0 bridgehead atoms. The molecule has 6 heteroatoms. The fourth-order valence-electron chi connectivity index (χ4n) is 3.93. The average molecular weight is 353 g/mol. The molecule has 1 fully saturated rings. The van der Waals surface area contributed by atoms with Gasteiger partial charge in [0.2, 0.25) is 0 Å². The summed E-state index contributed by atoms with van der Waals surface area (Å²) in [6.07, 6.45) is 10.7. The highest BCUT2D eigenvalue weighted by Gasteiger charge is 2.25. The van der Waals surface area contributed by atoms with E-state index in [1.165, 1.54) is 24.2 Å². The van der Waals surface area contributed by atoms with Gasteiger partial charge in [-0.05, 0) is 37.9 Å². The summed E-state index contributed by atoms with van der Waals surface area (Å²) < 4.78 is 9.60. The molecule has 0 saturated carbocycles. The number of rotatable bonds is 6. The highest BCUT2D eigenvalue weighted by atomic mass is 16.5. The monoisotopic (exact) mass is 353 g/mol. The van der Waals surface area contributed by atoms with Gasteiger partial charge < -0.3 is 13.7 Å². The van der Waals surface area contributed by atoms with Crippen LogP contribution in [0.15, 0.2) is 36.9 Å². The van der Waals surface area contributed by atoms with Crippen molar-refractivity contribution in [1.29, 1.82) is 0 Å². The molecule has 4 rings (SSSR count). The standard InChI is InChI=1S/C20H27N5O/c1-16-5-6-19-22-18(15-25(19)12-16)14-23-8-3-4-17(13-23)20-21-7-9-24(20)10-11-26-2/h5-7,9,12,15,17H,3-4,8,10-11,13-14H2,1-2H3. The zero-order valence-corrected chi connectivity index (χ0v) is 15.6. The van der Waals surface area contributed by atoms with Crippen LogP contribution in [0.4, 0.5) is 0 Å². The third-order valence-corrected chi connectivity index (χ3v) is 5.19. The van der Waals surface area contributed by atoms with Gasteiger partial charge in [-0.1, -0.05) is 6.07 Å². The molecule has 3 aromatic rings. The normalized spacial score (nSPS) is 18.6. The van der Waals surface area contributed by atoms with Crippen LogP contribution >= 0.6 is 0 Å². The molecule has 26 heavy (non-hydrogen) atoms. The van der Waals surface area contributed by atoms with E-state index in [0.717, 1.165) is 44.1 Å². The number of methoxy groups -OCH3 is 1. The molecule has 1 unspecified atom stereocenters. The Bertz CT molecular complexity index is 868. The number of piperidine rings is 1. The lowest BCUT2D eigenvalue weighted by Gasteiger charge is -2.32. The average Bonchev–Trinajstić information content (AvgIpc) is 3.26. The number of likely N-dealkylation sites (tertiary alicyclic amines) is 1. The molecular formula is C20H27N5O. The van der Waals surface area contributed by atoms with Crippen LogP contribution in [0, 0.1) is 6.92 Å². The zero-order valence-electron chi connectivity index (χ0n) is 15.6. The van der Waals surface area contributed by atoms with E-state index in [4.69, 9.17) is 9.72 Å². The number of fused-ring (bicyclic) bond motifs is 1. The Morgan fingerprint density at radius 1 is 1.27 bits per heavy atom. The second-order valence-electron chi connectivity index (χ2n) is 7.25. The van der Waals surface area contributed by atoms with Gasteiger partial charge in [-0.3, -0.25) is 4.90 Å². The van der Waals surface area contributed by atoms with E-state index in [1.54, 1.807) is 7.11 Å². The SMILES string of the molecule is COCCn1ccnc1C1CCCN(Cc2cn3cc(C)ccc3n2)C1. The van der Waals surface area contributed by atoms with E-state index in [1.807, 2.05) is 6.20 Å². The van der Waals surface area contributed by atoms with Crippen LogP contribution in [-0.2, 0) is 17.8 Å². The van der Waals surface area contributed by atoms with Crippen molar-refractivity contribution in [2.45, 2.75) is 38.8 Å². The number of pyridine rings is 1. The Balaban J connectivity index is 1.45. The molecular weight excluding hydrogens is 326 g/mol. The van der Waals surface area contributed by atoms with Crippen LogP contribution in [0.25, 0.3) is 5.65 Å². The number of hydrogen-bond donors (Lipinski definition) is 0. The van der Waals surface area contributed by atoms with Crippen LogP contribution < -0.4 is 0 Å². The lowest BCUT2D eigenvalue weighted by Crippen LogP contribution is -2.35. The Kier molecular flexibility index (Phi) is 5.04. The first kappa shape index (κ1) is 17.2. The Morgan fingerprint density at radius 2 is 2.19 bits per heavy atom. The third kappa shape index (κ3) is 3.66. The molecule has 1 aliphatic rings. The van der Waals surface area contributed by atoms with Crippen LogP contribution in [0.3, 0.4) is 0 Å². The maximum absolute atomic E-state index is 5.23. The molecule has 0 radical (unpaired) electrons. The molecule has 0 aliphatic carbocycles. The summed E-state index contributed by atoms with van der Waals surface area (Å²) in [6.45, 7) is 6.77. The number of aromatic nitrogens is 4. The van der Waals surface area contributed by atoms with Crippen molar-refractivity contribution in [1.82, 2.24) is 23.8 Å². The lowest BCUT2D eigenvalue weighted by atomic mass is 9.97. The molecule has 0 spiro atoms. The van der Waals surface area contributed by atoms with Crippen LogP contribution in [0.5, 0.6) is 0 Å². The summed E-state index contributed by atoms with van der Waals surface area (Å²) in [5.41, 5.74) is 3.41. The van der Waals surface area contributed by atoms with Gasteiger partial charge in [0, 0.05) is 57.4 Å². The molecule has 3 aromatic heterocycles. The van der Waals surface area contributed by atoms with Gasteiger partial charge in [-0.15, -0.1) is 0 Å². The maximum atomic E-state index is 5.23. The van der Waals surface area contributed by atoms with Crippen LogP contribution in [0.1, 0.15) is 35.8 Å². The van der Waals surface area contributed by atoms with Crippen LogP contribution in [-0.4, -0.2) is 50.6 Å². The molecule has 1 atom stereocenters. The minimum Gasteiger partial charge on any atom is -0.383 e. The second-order valence-corrected chi connectivity index (χ2v) is 7.25. The van der Waals surface area contributed by atoms with Crippen molar-refractivity contribution in [3.05, 3.63) is 54.0 Å². The summed E-state index contributed by atoms with van der Waals surface area (Å²) in [6, 6.07) is 4.20. The van der Waals surface area contributed by atoms with Crippen molar-refractivity contribution in [2.75, 3.05) is 26.8 Å². The Morgan fingerprint density at radius 3 is 3.08 bits per heavy atom. The van der Waals surface area contributed by atoms with Gasteiger partial charge in [0.25, 0.3) is 0 Å². The molecule has 1 aliphatic heterocycles. The van der Waals surface area contributed by atoms with Crippen molar-refractivity contribution in [3.8, 4) is 0 Å². The summed E-state index contributed by atoms with van der Waals surface area (Å²) in [7, 11) is 1.75. The fraction of sp³-hybridized carbons (Fsp3) is 0.500. The van der Waals surface area contributed by atoms with Gasteiger partial charge >= 0.3 is 0 Å². The number of aryl methyl sites for hydroxylation is 1. The van der Waals surface area contributed by atoms with E-state index in [-0.39, 0.29) is 0 Å². The predicted molar refractivity (Wildman–Crippen MR) is 101 cm³/mol. The molecule has 6 nitrogen and oxygen atoms in total. The van der Waals surface area contributed by atoms with E-state index < -0.39 is 0 Å². The fourth-order valence-corrected chi connectivity index (χ4v) is 3.93. The van der Waals surface area contributed by atoms with E-state index in [0.29, 0.717) is 5.92 Å². The lowest BCUT2D eigenvalue weighted by molar-refractivity contribution is 0.177. The van der Waals surface area contributed by atoms with Gasteiger partial charge in [-0.2, -0.15) is 0 Å². The van der Waals surface area contributed by atoms with E-state index >= 15 is 0 Å². The smallest absolute Gasteiger partial charge is 0.137 e. The number of hydrogen-bond acceptors (Lipinski definition) is 4. The van der Waals surface area contributed by atoms with Crippen molar-refractivity contribution in [2.24, 2.45) is 0 Å².